The van der Waals surface area contributed by atoms with E-state index < -0.39 is 6.04 Å². The topological polar surface area (TPSA) is 75.7 Å². The standard InChI is InChI=1S/C14H16N2O4/c1-4-11(14(19)20-3)15-8-5-6-9-10(7-8)13(18)16(2)12(9)17/h5-7,11,15H,4H2,1-3H3. The maximum atomic E-state index is 11.9. The zero-order chi connectivity index (χ0) is 14.9. The molecule has 0 aromatic heterocycles. The van der Waals surface area contributed by atoms with Gasteiger partial charge < -0.3 is 10.1 Å². The predicted molar refractivity (Wildman–Crippen MR) is 72.6 cm³/mol. The van der Waals surface area contributed by atoms with Crippen LogP contribution in [-0.2, 0) is 9.53 Å². The lowest BCUT2D eigenvalue weighted by Gasteiger charge is -2.16. The molecule has 1 heterocycles. The highest BCUT2D eigenvalue weighted by atomic mass is 16.5. The van der Waals surface area contributed by atoms with Crippen LogP contribution in [0, 0.1) is 0 Å². The lowest BCUT2D eigenvalue weighted by atomic mass is 10.1. The molecule has 20 heavy (non-hydrogen) atoms. The molecule has 1 aliphatic heterocycles. The van der Waals surface area contributed by atoms with Gasteiger partial charge in [0.25, 0.3) is 11.8 Å². The van der Waals surface area contributed by atoms with Gasteiger partial charge in [-0.15, -0.1) is 0 Å². The minimum Gasteiger partial charge on any atom is -0.467 e. The van der Waals surface area contributed by atoms with Crippen molar-refractivity contribution in [1.82, 2.24) is 4.90 Å². The van der Waals surface area contributed by atoms with Crippen molar-refractivity contribution in [3.05, 3.63) is 29.3 Å². The quantitative estimate of drug-likeness (QED) is 0.662. The number of nitrogens with zero attached hydrogens (tertiary/aromatic N) is 1. The lowest BCUT2D eigenvalue weighted by molar-refractivity contribution is -0.141. The number of carbonyl (C=O) groups is 3. The summed E-state index contributed by atoms with van der Waals surface area (Å²) in [5.74, 6) is -1.01. The number of rotatable bonds is 4. The number of carbonyl (C=O) groups excluding carboxylic acids is 3. The fraction of sp³-hybridized carbons (Fsp3) is 0.357. The lowest BCUT2D eigenvalue weighted by Crippen LogP contribution is -2.29. The highest BCUT2D eigenvalue weighted by Crippen LogP contribution is 2.25. The van der Waals surface area contributed by atoms with Gasteiger partial charge in [0.05, 0.1) is 18.2 Å². The molecule has 1 aromatic rings. The smallest absolute Gasteiger partial charge is 0.328 e. The van der Waals surface area contributed by atoms with Crippen LogP contribution in [0.25, 0.3) is 0 Å². The fourth-order valence-corrected chi connectivity index (χ4v) is 2.12. The van der Waals surface area contributed by atoms with Crippen molar-refractivity contribution in [2.75, 3.05) is 19.5 Å². The van der Waals surface area contributed by atoms with E-state index in [0.29, 0.717) is 23.2 Å². The monoisotopic (exact) mass is 276 g/mol. The zero-order valence-corrected chi connectivity index (χ0v) is 11.6. The molecule has 0 fully saturated rings. The van der Waals surface area contributed by atoms with Gasteiger partial charge in [0.1, 0.15) is 6.04 Å². The molecule has 0 saturated heterocycles. The summed E-state index contributed by atoms with van der Waals surface area (Å²) < 4.78 is 4.69. The maximum absolute atomic E-state index is 11.9. The van der Waals surface area contributed by atoms with E-state index in [4.69, 9.17) is 4.74 Å². The minimum atomic E-state index is -0.483. The van der Waals surface area contributed by atoms with Gasteiger partial charge in [-0.1, -0.05) is 6.92 Å². The molecule has 0 saturated carbocycles. The van der Waals surface area contributed by atoms with Crippen LogP contribution in [0.1, 0.15) is 34.1 Å². The molecule has 6 nitrogen and oxygen atoms in total. The Morgan fingerprint density at radius 2 is 1.95 bits per heavy atom. The average molecular weight is 276 g/mol. The summed E-state index contributed by atoms with van der Waals surface area (Å²) in [6.45, 7) is 1.85. The van der Waals surface area contributed by atoms with Crippen LogP contribution < -0.4 is 5.32 Å². The normalized spacial score (nSPS) is 15.1. The molecular weight excluding hydrogens is 260 g/mol. The first-order valence-corrected chi connectivity index (χ1v) is 6.30. The van der Waals surface area contributed by atoms with E-state index in [1.165, 1.54) is 14.2 Å². The van der Waals surface area contributed by atoms with Gasteiger partial charge in [-0.2, -0.15) is 0 Å². The number of nitrogens with one attached hydrogen (secondary N) is 1. The van der Waals surface area contributed by atoms with Gasteiger partial charge in [0, 0.05) is 12.7 Å². The second kappa shape index (κ2) is 5.32. The third-order valence-electron chi connectivity index (χ3n) is 3.32. The molecule has 1 aromatic carbocycles. The molecule has 1 N–H and O–H groups in total. The number of imide groups is 1. The Bertz CT molecular complexity index is 583. The molecule has 0 aliphatic carbocycles. The number of ether oxygens (including phenoxy) is 1. The zero-order valence-electron chi connectivity index (χ0n) is 11.6. The van der Waals surface area contributed by atoms with E-state index in [0.717, 1.165) is 4.90 Å². The van der Waals surface area contributed by atoms with Crippen molar-refractivity contribution >= 4 is 23.5 Å². The number of hydrogen-bond donors (Lipinski definition) is 1. The highest BCUT2D eigenvalue weighted by molar-refractivity contribution is 6.21. The van der Waals surface area contributed by atoms with Gasteiger partial charge in [0.15, 0.2) is 0 Å². The Morgan fingerprint density at radius 1 is 1.30 bits per heavy atom. The molecule has 1 atom stereocenters. The molecule has 106 valence electrons. The molecule has 1 aliphatic rings. The van der Waals surface area contributed by atoms with E-state index in [-0.39, 0.29) is 17.8 Å². The Kier molecular flexibility index (Phi) is 3.74. The largest absolute Gasteiger partial charge is 0.467 e. The summed E-state index contributed by atoms with van der Waals surface area (Å²) >= 11 is 0. The number of esters is 1. The summed E-state index contributed by atoms with van der Waals surface area (Å²) in [6, 6.07) is 4.37. The Morgan fingerprint density at radius 3 is 2.55 bits per heavy atom. The highest BCUT2D eigenvalue weighted by Gasteiger charge is 2.32. The number of methoxy groups -OCH3 is 1. The van der Waals surface area contributed by atoms with Crippen LogP contribution in [0.3, 0.4) is 0 Å². The summed E-state index contributed by atoms with van der Waals surface area (Å²) in [4.78, 5) is 36.3. The van der Waals surface area contributed by atoms with E-state index >= 15 is 0 Å². The number of hydrogen-bond acceptors (Lipinski definition) is 5. The number of amides is 2. The van der Waals surface area contributed by atoms with Crippen LogP contribution in [0.15, 0.2) is 18.2 Å². The molecule has 0 bridgehead atoms. The van der Waals surface area contributed by atoms with Crippen LogP contribution in [0.2, 0.25) is 0 Å². The first kappa shape index (κ1) is 14.0. The third-order valence-corrected chi connectivity index (χ3v) is 3.32. The Labute approximate surface area is 116 Å². The van der Waals surface area contributed by atoms with Crippen molar-refractivity contribution in [2.24, 2.45) is 0 Å². The molecule has 2 amide bonds. The van der Waals surface area contributed by atoms with Crippen LogP contribution in [-0.4, -0.2) is 42.9 Å². The van der Waals surface area contributed by atoms with Crippen molar-refractivity contribution < 1.29 is 19.1 Å². The van der Waals surface area contributed by atoms with Crippen molar-refractivity contribution in [1.29, 1.82) is 0 Å². The van der Waals surface area contributed by atoms with Crippen molar-refractivity contribution in [3.63, 3.8) is 0 Å². The second-order valence-electron chi connectivity index (χ2n) is 4.56. The van der Waals surface area contributed by atoms with Gasteiger partial charge in [-0.25, -0.2) is 4.79 Å². The van der Waals surface area contributed by atoms with E-state index in [1.807, 2.05) is 6.92 Å². The van der Waals surface area contributed by atoms with Gasteiger partial charge in [-0.05, 0) is 24.6 Å². The summed E-state index contributed by atoms with van der Waals surface area (Å²) in [6.07, 6.45) is 0.552. The van der Waals surface area contributed by atoms with Crippen LogP contribution >= 0.6 is 0 Å². The summed E-state index contributed by atoms with van der Waals surface area (Å²) in [5, 5.41) is 3.00. The number of anilines is 1. The first-order chi connectivity index (χ1) is 9.49. The van der Waals surface area contributed by atoms with Gasteiger partial charge >= 0.3 is 5.97 Å². The third kappa shape index (κ3) is 2.24. The molecule has 0 spiro atoms. The van der Waals surface area contributed by atoms with Crippen molar-refractivity contribution in [3.8, 4) is 0 Å². The molecule has 2 rings (SSSR count). The molecule has 0 radical (unpaired) electrons. The first-order valence-electron chi connectivity index (χ1n) is 6.30. The second-order valence-corrected chi connectivity index (χ2v) is 4.56. The number of fused-ring (bicyclic) bond motifs is 1. The van der Waals surface area contributed by atoms with Gasteiger partial charge in [-0.3, -0.25) is 14.5 Å². The molecule has 1 unspecified atom stereocenters. The van der Waals surface area contributed by atoms with Crippen LogP contribution in [0.4, 0.5) is 5.69 Å². The van der Waals surface area contributed by atoms with Gasteiger partial charge in [0.2, 0.25) is 0 Å². The molecular formula is C14H16N2O4. The predicted octanol–water partition coefficient (Wildman–Crippen LogP) is 1.28. The van der Waals surface area contributed by atoms with E-state index in [9.17, 15) is 14.4 Å². The summed E-state index contributed by atoms with van der Waals surface area (Å²) in [5.41, 5.74) is 1.34. The number of benzene rings is 1. The van der Waals surface area contributed by atoms with E-state index in [1.54, 1.807) is 18.2 Å². The Balaban J connectivity index is 2.27. The minimum absolute atomic E-state index is 0.309. The average Bonchev–Trinajstić information content (AvgIpc) is 2.68. The maximum Gasteiger partial charge on any atom is 0.328 e. The molecule has 6 heteroatoms. The fourth-order valence-electron chi connectivity index (χ4n) is 2.12. The van der Waals surface area contributed by atoms with Crippen LogP contribution in [0.5, 0.6) is 0 Å². The SMILES string of the molecule is CCC(Nc1ccc2c(c1)C(=O)N(C)C2=O)C(=O)OC. The Hall–Kier alpha value is -2.37. The van der Waals surface area contributed by atoms with E-state index in [2.05, 4.69) is 5.32 Å². The summed E-state index contributed by atoms with van der Waals surface area (Å²) in [7, 11) is 2.77. The van der Waals surface area contributed by atoms with Crippen molar-refractivity contribution in [2.45, 2.75) is 19.4 Å².